The number of sulfonamides is 1. The Balaban J connectivity index is 1.59. The lowest BCUT2D eigenvalue weighted by atomic mass is 10.1. The number of likely N-dealkylation sites (tertiary alicyclic amines) is 1. The first-order chi connectivity index (χ1) is 14.5. The molecule has 0 spiro atoms. The minimum absolute atomic E-state index is 0.144. The average Bonchev–Trinajstić information content (AvgIpc) is 3.42. The maximum Gasteiger partial charge on any atom is 0.259 e. The summed E-state index contributed by atoms with van der Waals surface area (Å²) < 4.78 is 34.3. The molecule has 7 nitrogen and oxygen atoms in total. The lowest BCUT2D eigenvalue weighted by molar-refractivity contribution is 0.268. The third-order valence-corrected chi connectivity index (χ3v) is 7.04. The summed E-state index contributed by atoms with van der Waals surface area (Å²) in [5, 5.41) is 4.04. The van der Waals surface area contributed by atoms with E-state index in [1.165, 1.54) is 0 Å². The molecule has 0 amide bonds. The largest absolute Gasteiger partial charge is 0.334 e. The van der Waals surface area contributed by atoms with Crippen LogP contribution in [-0.4, -0.2) is 49.1 Å². The van der Waals surface area contributed by atoms with Gasteiger partial charge in [0.15, 0.2) is 0 Å². The molecule has 1 N–H and O–H groups in total. The van der Waals surface area contributed by atoms with E-state index in [9.17, 15) is 8.42 Å². The second kappa shape index (κ2) is 8.67. The van der Waals surface area contributed by atoms with Crippen LogP contribution in [0.15, 0.2) is 57.9 Å². The van der Waals surface area contributed by atoms with Gasteiger partial charge in [0.1, 0.15) is 0 Å². The molecular formula is C22H26N4O3S. The Labute approximate surface area is 177 Å². The molecule has 1 atom stereocenters. The molecule has 4 rings (SSSR count). The SMILES string of the molecule is CCN1CCC[C@H]1CNS(=O)(=O)c1ccccc1-c1nc(-c2ccc(C)cc2)no1. The second-order valence-electron chi connectivity index (χ2n) is 7.56. The highest BCUT2D eigenvalue weighted by atomic mass is 32.2. The third kappa shape index (κ3) is 4.30. The maximum absolute atomic E-state index is 13.1. The number of rotatable bonds is 7. The van der Waals surface area contributed by atoms with Gasteiger partial charge >= 0.3 is 0 Å². The highest BCUT2D eigenvalue weighted by Gasteiger charge is 2.27. The average molecular weight is 427 g/mol. The molecule has 1 aliphatic rings. The molecule has 0 aliphatic carbocycles. The van der Waals surface area contributed by atoms with E-state index in [-0.39, 0.29) is 16.8 Å². The summed E-state index contributed by atoms with van der Waals surface area (Å²) in [6, 6.07) is 14.7. The van der Waals surface area contributed by atoms with Crippen LogP contribution < -0.4 is 4.72 Å². The number of aryl methyl sites for hydroxylation is 1. The van der Waals surface area contributed by atoms with Crippen molar-refractivity contribution in [1.29, 1.82) is 0 Å². The fourth-order valence-corrected chi connectivity index (χ4v) is 5.13. The van der Waals surface area contributed by atoms with Crippen molar-refractivity contribution in [2.24, 2.45) is 0 Å². The molecule has 1 aliphatic heterocycles. The van der Waals surface area contributed by atoms with Gasteiger partial charge in [-0.15, -0.1) is 0 Å². The first kappa shape index (κ1) is 20.7. The molecule has 30 heavy (non-hydrogen) atoms. The number of benzene rings is 2. The van der Waals surface area contributed by atoms with Gasteiger partial charge in [0.05, 0.1) is 10.5 Å². The van der Waals surface area contributed by atoms with Crippen molar-refractivity contribution in [3.8, 4) is 22.8 Å². The predicted octanol–water partition coefficient (Wildman–Crippen LogP) is 3.47. The molecule has 2 aromatic carbocycles. The van der Waals surface area contributed by atoms with Gasteiger partial charge in [-0.05, 0) is 45.0 Å². The van der Waals surface area contributed by atoms with E-state index in [4.69, 9.17) is 4.52 Å². The molecule has 0 unspecified atom stereocenters. The number of likely N-dealkylation sites (N-methyl/N-ethyl adjacent to an activating group) is 1. The fourth-order valence-electron chi connectivity index (χ4n) is 3.86. The summed E-state index contributed by atoms with van der Waals surface area (Å²) >= 11 is 0. The number of hydrogen-bond donors (Lipinski definition) is 1. The van der Waals surface area contributed by atoms with Crippen LogP contribution in [0.1, 0.15) is 25.3 Å². The zero-order chi connectivity index (χ0) is 21.1. The molecule has 1 fully saturated rings. The molecular weight excluding hydrogens is 400 g/mol. The van der Waals surface area contributed by atoms with E-state index in [0.29, 0.717) is 17.9 Å². The number of nitrogens with zero attached hydrogens (tertiary/aromatic N) is 3. The molecule has 1 saturated heterocycles. The molecule has 0 radical (unpaired) electrons. The molecule has 0 saturated carbocycles. The first-order valence-corrected chi connectivity index (χ1v) is 11.7. The van der Waals surface area contributed by atoms with Gasteiger partial charge in [0.25, 0.3) is 5.89 Å². The molecule has 3 aromatic rings. The summed E-state index contributed by atoms with van der Waals surface area (Å²) in [6.45, 7) is 6.44. The van der Waals surface area contributed by atoms with Gasteiger partial charge in [-0.3, -0.25) is 4.90 Å². The molecule has 158 valence electrons. The lowest BCUT2D eigenvalue weighted by Crippen LogP contribution is -2.40. The van der Waals surface area contributed by atoms with E-state index in [1.54, 1.807) is 24.3 Å². The topological polar surface area (TPSA) is 88.3 Å². The van der Waals surface area contributed by atoms with Crippen molar-refractivity contribution in [3.63, 3.8) is 0 Å². The predicted molar refractivity (Wildman–Crippen MR) is 115 cm³/mol. The molecule has 2 heterocycles. The normalized spacial score (nSPS) is 17.5. The van der Waals surface area contributed by atoms with E-state index in [2.05, 4.69) is 26.7 Å². The summed E-state index contributed by atoms with van der Waals surface area (Å²) in [5.41, 5.74) is 2.35. The Kier molecular flexibility index (Phi) is 5.99. The standard InChI is InChI=1S/C22H26N4O3S/c1-3-26-14-6-7-18(26)15-23-30(27,28)20-9-5-4-8-19(20)22-24-21(25-29-22)17-12-10-16(2)11-13-17/h4-5,8-13,18,23H,3,6-7,14-15H2,1-2H3/t18-/m0/s1. The van der Waals surface area contributed by atoms with Crippen molar-refractivity contribution in [3.05, 3.63) is 54.1 Å². The van der Waals surface area contributed by atoms with Crippen LogP contribution in [0, 0.1) is 6.92 Å². The Hall–Kier alpha value is -2.55. The Morgan fingerprint density at radius 3 is 2.70 bits per heavy atom. The quantitative estimate of drug-likeness (QED) is 0.622. The summed E-state index contributed by atoms with van der Waals surface area (Å²) in [6.07, 6.45) is 2.10. The van der Waals surface area contributed by atoms with Gasteiger partial charge in [0.2, 0.25) is 15.8 Å². The number of aromatic nitrogens is 2. The van der Waals surface area contributed by atoms with Crippen molar-refractivity contribution in [2.75, 3.05) is 19.6 Å². The van der Waals surface area contributed by atoms with E-state index >= 15 is 0 Å². The number of nitrogens with one attached hydrogen (secondary N) is 1. The minimum atomic E-state index is -3.72. The van der Waals surface area contributed by atoms with Crippen LogP contribution in [0.2, 0.25) is 0 Å². The maximum atomic E-state index is 13.1. The van der Waals surface area contributed by atoms with Crippen molar-refractivity contribution >= 4 is 10.0 Å². The molecule has 8 heteroatoms. The van der Waals surface area contributed by atoms with Gasteiger partial charge in [-0.25, -0.2) is 13.1 Å². The van der Waals surface area contributed by atoms with Crippen LogP contribution >= 0.6 is 0 Å². The van der Waals surface area contributed by atoms with Crippen LogP contribution in [-0.2, 0) is 10.0 Å². The summed E-state index contributed by atoms with van der Waals surface area (Å²) in [4.78, 5) is 6.89. The molecule has 1 aromatic heterocycles. The van der Waals surface area contributed by atoms with Gasteiger partial charge in [0, 0.05) is 18.2 Å². The first-order valence-electron chi connectivity index (χ1n) is 10.2. The van der Waals surface area contributed by atoms with Crippen LogP contribution in [0.3, 0.4) is 0 Å². The van der Waals surface area contributed by atoms with Crippen molar-refractivity contribution < 1.29 is 12.9 Å². The van der Waals surface area contributed by atoms with Crippen LogP contribution in [0.4, 0.5) is 0 Å². The molecule has 0 bridgehead atoms. The second-order valence-corrected chi connectivity index (χ2v) is 9.30. The zero-order valence-corrected chi connectivity index (χ0v) is 18.0. The minimum Gasteiger partial charge on any atom is -0.334 e. The highest BCUT2D eigenvalue weighted by Crippen LogP contribution is 2.28. The summed E-state index contributed by atoms with van der Waals surface area (Å²) in [5.74, 6) is 0.609. The van der Waals surface area contributed by atoms with Gasteiger partial charge in [-0.2, -0.15) is 4.98 Å². The third-order valence-electron chi connectivity index (χ3n) is 5.56. The van der Waals surface area contributed by atoms with Crippen LogP contribution in [0.25, 0.3) is 22.8 Å². The van der Waals surface area contributed by atoms with Crippen molar-refractivity contribution in [2.45, 2.75) is 37.6 Å². The van der Waals surface area contributed by atoms with E-state index in [0.717, 1.165) is 37.1 Å². The zero-order valence-electron chi connectivity index (χ0n) is 17.2. The van der Waals surface area contributed by atoms with Gasteiger partial charge in [-0.1, -0.05) is 54.0 Å². The highest BCUT2D eigenvalue weighted by molar-refractivity contribution is 7.89. The summed E-state index contributed by atoms with van der Waals surface area (Å²) in [7, 11) is -3.72. The van der Waals surface area contributed by atoms with Crippen molar-refractivity contribution in [1.82, 2.24) is 19.8 Å². The smallest absolute Gasteiger partial charge is 0.259 e. The van der Waals surface area contributed by atoms with Crippen LogP contribution in [0.5, 0.6) is 0 Å². The van der Waals surface area contributed by atoms with Gasteiger partial charge < -0.3 is 4.52 Å². The monoisotopic (exact) mass is 426 g/mol. The number of hydrogen-bond acceptors (Lipinski definition) is 6. The Morgan fingerprint density at radius 2 is 1.93 bits per heavy atom. The van der Waals surface area contributed by atoms with E-state index < -0.39 is 10.0 Å². The Bertz CT molecular complexity index is 1110. The fraction of sp³-hybridized carbons (Fsp3) is 0.364. The van der Waals surface area contributed by atoms with E-state index in [1.807, 2.05) is 31.2 Å². The lowest BCUT2D eigenvalue weighted by Gasteiger charge is -2.23. The Morgan fingerprint density at radius 1 is 1.17 bits per heavy atom.